The number of anilines is 1. The molecule has 180 valence electrons. The average Bonchev–Trinajstić information content (AvgIpc) is 2.80. The number of benzene rings is 2. The van der Waals surface area contributed by atoms with Crippen LogP contribution in [0.3, 0.4) is 0 Å². The van der Waals surface area contributed by atoms with E-state index in [2.05, 4.69) is 39.6 Å². The van der Waals surface area contributed by atoms with E-state index in [4.69, 9.17) is 0 Å². The van der Waals surface area contributed by atoms with Crippen LogP contribution in [0.15, 0.2) is 59.6 Å². The van der Waals surface area contributed by atoms with Gasteiger partial charge < -0.3 is 20.4 Å². The molecule has 0 atom stereocenters. The maximum absolute atomic E-state index is 11.9. The topological polar surface area (TPSA) is 103 Å². The van der Waals surface area contributed by atoms with Crippen LogP contribution in [0.1, 0.15) is 18.9 Å². The number of halogens is 1. The standard InChI is InChI=1S/C23H32N6O3.HI/c1-4-28(20-9-6-5-7-10-20)16-8-15-24-23(26-18-22(30)27(2)3)25-17-19-11-13-21(14-12-19)29(31)32;/h5-7,9-14H,4,8,15-18H2,1-3H3,(H2,24,25,26);1H. The maximum atomic E-state index is 11.9. The highest BCUT2D eigenvalue weighted by Crippen LogP contribution is 2.13. The molecule has 0 aliphatic heterocycles. The molecular formula is C23H33IN6O3. The van der Waals surface area contributed by atoms with Gasteiger partial charge in [0.15, 0.2) is 5.96 Å². The Hall–Kier alpha value is -2.89. The number of nitrogens with one attached hydrogen (secondary N) is 2. The second-order valence-electron chi connectivity index (χ2n) is 7.43. The molecule has 0 radical (unpaired) electrons. The summed E-state index contributed by atoms with van der Waals surface area (Å²) in [6.07, 6.45) is 0.891. The van der Waals surface area contributed by atoms with E-state index in [9.17, 15) is 14.9 Å². The Morgan fingerprint density at radius 3 is 2.30 bits per heavy atom. The first-order chi connectivity index (χ1) is 15.4. The fraction of sp³-hybridized carbons (Fsp3) is 0.391. The van der Waals surface area contributed by atoms with Crippen LogP contribution in [0.25, 0.3) is 0 Å². The van der Waals surface area contributed by atoms with Gasteiger partial charge in [-0.1, -0.05) is 30.3 Å². The van der Waals surface area contributed by atoms with Crippen molar-refractivity contribution < 1.29 is 9.72 Å². The highest BCUT2D eigenvalue weighted by atomic mass is 127. The molecule has 9 nitrogen and oxygen atoms in total. The molecule has 0 saturated heterocycles. The molecule has 0 aliphatic rings. The van der Waals surface area contributed by atoms with Gasteiger partial charge in [-0.25, -0.2) is 4.99 Å². The second kappa shape index (κ2) is 15.0. The number of hydrogen-bond acceptors (Lipinski definition) is 5. The molecular weight excluding hydrogens is 535 g/mol. The lowest BCUT2D eigenvalue weighted by molar-refractivity contribution is -0.384. The number of rotatable bonds is 11. The molecule has 0 aliphatic carbocycles. The minimum absolute atomic E-state index is 0. The van der Waals surface area contributed by atoms with Crippen LogP contribution >= 0.6 is 24.0 Å². The molecule has 0 bridgehead atoms. The number of likely N-dealkylation sites (N-methyl/N-ethyl adjacent to an activating group) is 1. The summed E-state index contributed by atoms with van der Waals surface area (Å²) < 4.78 is 0. The number of hydrogen-bond donors (Lipinski definition) is 2. The Morgan fingerprint density at radius 2 is 1.73 bits per heavy atom. The normalized spacial score (nSPS) is 10.7. The fourth-order valence-corrected chi connectivity index (χ4v) is 2.97. The minimum Gasteiger partial charge on any atom is -0.372 e. The lowest BCUT2D eigenvalue weighted by atomic mass is 10.2. The van der Waals surface area contributed by atoms with Crippen LogP contribution in [0.2, 0.25) is 0 Å². The van der Waals surface area contributed by atoms with Crippen molar-refractivity contribution >= 4 is 47.2 Å². The first kappa shape index (κ1) is 28.1. The molecule has 1 amide bonds. The van der Waals surface area contributed by atoms with E-state index in [0.29, 0.717) is 19.0 Å². The number of aliphatic imine (C=N–C) groups is 1. The van der Waals surface area contributed by atoms with Gasteiger partial charge in [0.25, 0.3) is 5.69 Å². The van der Waals surface area contributed by atoms with Crippen molar-refractivity contribution in [2.24, 2.45) is 4.99 Å². The third-order valence-corrected chi connectivity index (χ3v) is 4.87. The molecule has 10 heteroatoms. The van der Waals surface area contributed by atoms with Crippen LogP contribution in [0.4, 0.5) is 11.4 Å². The Labute approximate surface area is 212 Å². The lowest BCUT2D eigenvalue weighted by Gasteiger charge is -2.23. The summed E-state index contributed by atoms with van der Waals surface area (Å²) >= 11 is 0. The van der Waals surface area contributed by atoms with Gasteiger partial charge in [0, 0.05) is 51.5 Å². The zero-order chi connectivity index (χ0) is 23.3. The monoisotopic (exact) mass is 568 g/mol. The first-order valence-corrected chi connectivity index (χ1v) is 10.7. The molecule has 0 heterocycles. The van der Waals surface area contributed by atoms with E-state index in [1.165, 1.54) is 22.7 Å². The van der Waals surface area contributed by atoms with Gasteiger partial charge in [0.1, 0.15) is 0 Å². The molecule has 0 spiro atoms. The summed E-state index contributed by atoms with van der Waals surface area (Å²) in [4.78, 5) is 30.7. The van der Waals surface area contributed by atoms with Gasteiger partial charge in [-0.05, 0) is 31.0 Å². The SMILES string of the molecule is CCN(CCCNC(=NCc1ccc([N+](=O)[O-])cc1)NCC(=O)N(C)C)c1ccccc1.I. The third kappa shape index (κ3) is 10.1. The summed E-state index contributed by atoms with van der Waals surface area (Å²) in [5, 5.41) is 17.1. The van der Waals surface area contributed by atoms with Crippen LogP contribution in [0.5, 0.6) is 0 Å². The predicted molar refractivity (Wildman–Crippen MR) is 143 cm³/mol. The minimum atomic E-state index is -0.427. The van der Waals surface area contributed by atoms with Gasteiger partial charge in [0.05, 0.1) is 18.0 Å². The van der Waals surface area contributed by atoms with Crippen LogP contribution in [-0.2, 0) is 11.3 Å². The summed E-state index contributed by atoms with van der Waals surface area (Å²) in [6, 6.07) is 16.6. The molecule has 2 N–H and O–H groups in total. The summed E-state index contributed by atoms with van der Waals surface area (Å²) in [5.41, 5.74) is 2.08. The molecule has 2 aromatic carbocycles. The summed E-state index contributed by atoms with van der Waals surface area (Å²) in [6.45, 7) is 5.09. The largest absolute Gasteiger partial charge is 0.372 e. The van der Waals surface area contributed by atoms with Crippen LogP contribution < -0.4 is 15.5 Å². The molecule has 33 heavy (non-hydrogen) atoms. The van der Waals surface area contributed by atoms with Crippen molar-refractivity contribution in [3.05, 3.63) is 70.3 Å². The molecule has 0 saturated carbocycles. The van der Waals surface area contributed by atoms with Gasteiger partial charge >= 0.3 is 0 Å². The van der Waals surface area contributed by atoms with E-state index in [1.54, 1.807) is 26.2 Å². The number of carbonyl (C=O) groups is 1. The number of guanidine groups is 1. The zero-order valence-electron chi connectivity index (χ0n) is 19.4. The van der Waals surface area contributed by atoms with Gasteiger partial charge in [-0.3, -0.25) is 14.9 Å². The fourth-order valence-electron chi connectivity index (χ4n) is 2.97. The molecule has 0 aromatic heterocycles. The van der Waals surface area contributed by atoms with E-state index < -0.39 is 4.92 Å². The van der Waals surface area contributed by atoms with Gasteiger partial charge in [-0.2, -0.15) is 0 Å². The Bertz CT molecular complexity index is 891. The smallest absolute Gasteiger partial charge is 0.269 e. The highest BCUT2D eigenvalue weighted by Gasteiger charge is 2.08. The third-order valence-electron chi connectivity index (χ3n) is 4.87. The number of amides is 1. The summed E-state index contributed by atoms with van der Waals surface area (Å²) in [5.74, 6) is 0.470. The first-order valence-electron chi connectivity index (χ1n) is 10.7. The Kier molecular flexibility index (Phi) is 12.8. The van der Waals surface area contributed by atoms with Crippen molar-refractivity contribution in [3.8, 4) is 0 Å². The van der Waals surface area contributed by atoms with Crippen molar-refractivity contribution in [1.82, 2.24) is 15.5 Å². The van der Waals surface area contributed by atoms with Crippen LogP contribution in [0, 0.1) is 10.1 Å². The van der Waals surface area contributed by atoms with Crippen molar-refractivity contribution in [2.45, 2.75) is 19.9 Å². The number of nitrogens with zero attached hydrogens (tertiary/aromatic N) is 4. The summed E-state index contributed by atoms with van der Waals surface area (Å²) in [7, 11) is 3.40. The average molecular weight is 568 g/mol. The van der Waals surface area contributed by atoms with Crippen molar-refractivity contribution in [2.75, 3.05) is 45.2 Å². The number of nitro benzene ring substituents is 1. The molecule has 0 unspecified atom stereocenters. The molecule has 2 rings (SSSR count). The van der Waals surface area contributed by atoms with E-state index in [0.717, 1.165) is 25.1 Å². The van der Waals surface area contributed by atoms with Crippen molar-refractivity contribution in [3.63, 3.8) is 0 Å². The van der Waals surface area contributed by atoms with Crippen LogP contribution in [-0.4, -0.2) is 62.0 Å². The number of non-ortho nitro benzene ring substituents is 1. The second-order valence-corrected chi connectivity index (χ2v) is 7.43. The Morgan fingerprint density at radius 1 is 1.06 bits per heavy atom. The van der Waals surface area contributed by atoms with E-state index in [-0.39, 0.29) is 42.1 Å². The van der Waals surface area contributed by atoms with Gasteiger partial charge in [0.2, 0.25) is 5.91 Å². The number of para-hydroxylation sites is 1. The van der Waals surface area contributed by atoms with Crippen molar-refractivity contribution in [1.29, 1.82) is 0 Å². The quantitative estimate of drug-likeness (QED) is 0.108. The number of nitro groups is 1. The molecule has 2 aromatic rings. The number of carbonyl (C=O) groups excluding carboxylic acids is 1. The highest BCUT2D eigenvalue weighted by molar-refractivity contribution is 14.0. The predicted octanol–water partition coefficient (Wildman–Crippen LogP) is 3.25. The van der Waals surface area contributed by atoms with Gasteiger partial charge in [-0.15, -0.1) is 24.0 Å². The maximum Gasteiger partial charge on any atom is 0.269 e. The Balaban J connectivity index is 0.00000544. The molecule has 0 fully saturated rings. The van der Waals surface area contributed by atoms with E-state index >= 15 is 0 Å². The zero-order valence-corrected chi connectivity index (χ0v) is 21.7. The lowest BCUT2D eigenvalue weighted by Crippen LogP contribution is -2.43. The van der Waals surface area contributed by atoms with E-state index in [1.807, 2.05) is 18.2 Å².